The number of hydrogen-bond donors (Lipinski definition) is 0. The van der Waals surface area contributed by atoms with Gasteiger partial charge in [-0.2, -0.15) is 8.42 Å². The van der Waals surface area contributed by atoms with Gasteiger partial charge in [0.15, 0.2) is 0 Å². The van der Waals surface area contributed by atoms with Crippen LogP contribution in [0.5, 0.6) is 0 Å². The predicted octanol–water partition coefficient (Wildman–Crippen LogP) is 0.824. The lowest BCUT2D eigenvalue weighted by atomic mass is 9.93. The molecule has 0 saturated carbocycles. The highest BCUT2D eigenvalue weighted by Crippen LogP contribution is 2.13. The molecule has 0 heterocycles. The van der Waals surface area contributed by atoms with E-state index in [4.69, 9.17) is 0 Å². The van der Waals surface area contributed by atoms with E-state index in [-0.39, 0.29) is 24.2 Å². The van der Waals surface area contributed by atoms with Gasteiger partial charge >= 0.3 is 0 Å². The Morgan fingerprint density at radius 2 is 1.85 bits per heavy atom. The second-order valence-corrected chi connectivity index (χ2v) is 5.09. The van der Waals surface area contributed by atoms with Crippen LogP contribution in [0.25, 0.3) is 0 Å². The first-order valence-electron chi connectivity index (χ1n) is 4.09. The molecule has 0 rings (SSSR count). The molecule has 4 nitrogen and oxygen atoms in total. The highest BCUT2D eigenvalue weighted by atomic mass is 32.2. The number of carbonyl (C=O) groups excluding carboxylic acids is 1. The zero-order valence-corrected chi connectivity index (χ0v) is 9.22. The third kappa shape index (κ3) is 5.76. The molecule has 0 aliphatic heterocycles. The first-order chi connectivity index (χ1) is 5.74. The first-order valence-corrected chi connectivity index (χ1v) is 5.90. The second kappa shape index (κ2) is 4.72. The molecule has 0 fully saturated rings. The summed E-state index contributed by atoms with van der Waals surface area (Å²) in [6.07, 6.45) is 0.977. The summed E-state index contributed by atoms with van der Waals surface area (Å²) >= 11 is 0. The Kier molecular flexibility index (Phi) is 4.56. The standard InChI is InChI=1S/C8H16O4S/c1-6(2)8(7(3)9)5-12-13(4,10)11/h6,8H,5H2,1-4H3. The predicted molar refractivity (Wildman–Crippen MR) is 49.8 cm³/mol. The summed E-state index contributed by atoms with van der Waals surface area (Å²) in [7, 11) is -3.44. The Morgan fingerprint density at radius 1 is 1.38 bits per heavy atom. The Labute approximate surface area is 79.4 Å². The Hall–Kier alpha value is -0.420. The van der Waals surface area contributed by atoms with Crippen LogP contribution >= 0.6 is 0 Å². The van der Waals surface area contributed by atoms with Crippen LogP contribution in [0.1, 0.15) is 20.8 Å². The minimum absolute atomic E-state index is 0.0429. The largest absolute Gasteiger partial charge is 0.300 e. The molecule has 1 atom stereocenters. The topological polar surface area (TPSA) is 60.4 Å². The normalized spacial score (nSPS) is 14.5. The monoisotopic (exact) mass is 208 g/mol. The van der Waals surface area contributed by atoms with E-state index in [0.29, 0.717) is 0 Å². The molecule has 0 aliphatic carbocycles. The second-order valence-electron chi connectivity index (χ2n) is 3.45. The van der Waals surface area contributed by atoms with Crippen LogP contribution in [0.3, 0.4) is 0 Å². The van der Waals surface area contributed by atoms with Crippen LogP contribution in [0.15, 0.2) is 0 Å². The molecular formula is C8H16O4S. The van der Waals surface area contributed by atoms with Crippen molar-refractivity contribution >= 4 is 15.9 Å². The average Bonchev–Trinajstić information content (AvgIpc) is 1.82. The number of carbonyl (C=O) groups is 1. The van der Waals surface area contributed by atoms with E-state index in [2.05, 4.69) is 4.18 Å². The van der Waals surface area contributed by atoms with Crippen molar-refractivity contribution in [3.8, 4) is 0 Å². The van der Waals surface area contributed by atoms with Crippen molar-refractivity contribution in [2.24, 2.45) is 11.8 Å². The summed E-state index contributed by atoms with van der Waals surface area (Å²) in [6, 6.07) is 0. The third-order valence-corrected chi connectivity index (χ3v) is 2.35. The Bertz CT molecular complexity index is 266. The number of hydrogen-bond acceptors (Lipinski definition) is 4. The minimum Gasteiger partial charge on any atom is -0.300 e. The van der Waals surface area contributed by atoms with E-state index in [1.54, 1.807) is 0 Å². The van der Waals surface area contributed by atoms with Gasteiger partial charge in [0.25, 0.3) is 10.1 Å². The summed E-state index contributed by atoms with van der Waals surface area (Å²) in [6.45, 7) is 5.11. The van der Waals surface area contributed by atoms with Gasteiger partial charge in [-0.05, 0) is 12.8 Å². The lowest BCUT2D eigenvalue weighted by Crippen LogP contribution is -2.24. The average molecular weight is 208 g/mol. The van der Waals surface area contributed by atoms with Gasteiger partial charge in [-0.3, -0.25) is 8.98 Å². The van der Waals surface area contributed by atoms with Crippen LogP contribution < -0.4 is 0 Å². The number of ketones is 1. The molecule has 0 saturated heterocycles. The lowest BCUT2D eigenvalue weighted by Gasteiger charge is -2.16. The van der Waals surface area contributed by atoms with Crippen molar-refractivity contribution in [2.75, 3.05) is 12.9 Å². The van der Waals surface area contributed by atoms with Crippen LogP contribution in [0, 0.1) is 11.8 Å². The van der Waals surface area contributed by atoms with E-state index in [9.17, 15) is 13.2 Å². The van der Waals surface area contributed by atoms with Crippen molar-refractivity contribution in [1.82, 2.24) is 0 Å². The molecule has 0 spiro atoms. The fraction of sp³-hybridized carbons (Fsp3) is 0.875. The minimum atomic E-state index is -3.44. The molecule has 0 aromatic carbocycles. The zero-order chi connectivity index (χ0) is 10.6. The number of rotatable bonds is 5. The molecule has 13 heavy (non-hydrogen) atoms. The van der Waals surface area contributed by atoms with Crippen LogP contribution in [-0.2, 0) is 19.1 Å². The molecular weight excluding hydrogens is 192 g/mol. The fourth-order valence-electron chi connectivity index (χ4n) is 0.976. The molecule has 0 bridgehead atoms. The SMILES string of the molecule is CC(=O)C(COS(C)(=O)=O)C(C)C. The molecule has 0 N–H and O–H groups in total. The van der Waals surface area contributed by atoms with Crippen molar-refractivity contribution in [2.45, 2.75) is 20.8 Å². The smallest absolute Gasteiger partial charge is 0.264 e. The maximum absolute atomic E-state index is 11.0. The highest BCUT2D eigenvalue weighted by Gasteiger charge is 2.20. The molecule has 0 amide bonds. The van der Waals surface area contributed by atoms with Gasteiger partial charge in [-0.25, -0.2) is 0 Å². The number of Topliss-reactive ketones (excluding diaryl/α,β-unsaturated/α-hetero) is 1. The maximum Gasteiger partial charge on any atom is 0.264 e. The van der Waals surface area contributed by atoms with Gasteiger partial charge in [0.05, 0.1) is 12.9 Å². The van der Waals surface area contributed by atoms with Gasteiger partial charge in [-0.1, -0.05) is 13.8 Å². The Balaban J connectivity index is 4.22. The fourth-order valence-corrected chi connectivity index (χ4v) is 1.37. The van der Waals surface area contributed by atoms with E-state index in [1.807, 2.05) is 13.8 Å². The molecule has 0 aromatic rings. The van der Waals surface area contributed by atoms with E-state index >= 15 is 0 Å². The van der Waals surface area contributed by atoms with Crippen molar-refractivity contribution in [3.63, 3.8) is 0 Å². The van der Waals surface area contributed by atoms with E-state index in [1.165, 1.54) is 6.92 Å². The van der Waals surface area contributed by atoms with Crippen molar-refractivity contribution < 1.29 is 17.4 Å². The summed E-state index contributed by atoms with van der Waals surface area (Å²) < 4.78 is 25.9. The van der Waals surface area contributed by atoms with Gasteiger partial charge in [0.1, 0.15) is 5.78 Å². The summed E-state index contributed by atoms with van der Waals surface area (Å²) in [5, 5.41) is 0. The molecule has 0 aromatic heterocycles. The van der Waals surface area contributed by atoms with Crippen LogP contribution in [0.2, 0.25) is 0 Å². The zero-order valence-electron chi connectivity index (χ0n) is 8.40. The van der Waals surface area contributed by atoms with E-state index < -0.39 is 10.1 Å². The molecule has 1 unspecified atom stereocenters. The lowest BCUT2D eigenvalue weighted by molar-refractivity contribution is -0.122. The van der Waals surface area contributed by atoms with Crippen LogP contribution in [0.4, 0.5) is 0 Å². The van der Waals surface area contributed by atoms with E-state index in [0.717, 1.165) is 6.26 Å². The summed E-state index contributed by atoms with van der Waals surface area (Å²) in [4.78, 5) is 11.0. The van der Waals surface area contributed by atoms with Gasteiger partial charge in [-0.15, -0.1) is 0 Å². The molecule has 78 valence electrons. The maximum atomic E-state index is 11.0. The van der Waals surface area contributed by atoms with Gasteiger partial charge in [0, 0.05) is 5.92 Å². The first kappa shape index (κ1) is 12.6. The van der Waals surface area contributed by atoms with Crippen molar-refractivity contribution in [1.29, 1.82) is 0 Å². The van der Waals surface area contributed by atoms with Crippen LogP contribution in [-0.4, -0.2) is 27.1 Å². The molecule has 5 heteroatoms. The third-order valence-electron chi connectivity index (χ3n) is 1.79. The van der Waals surface area contributed by atoms with Gasteiger partial charge in [0.2, 0.25) is 0 Å². The molecule has 0 radical (unpaired) electrons. The Morgan fingerprint density at radius 3 is 2.08 bits per heavy atom. The summed E-state index contributed by atoms with van der Waals surface area (Å²) in [5.74, 6) is -0.285. The van der Waals surface area contributed by atoms with Gasteiger partial charge < -0.3 is 0 Å². The quantitative estimate of drug-likeness (QED) is 0.628. The highest BCUT2D eigenvalue weighted by molar-refractivity contribution is 7.85. The summed E-state index contributed by atoms with van der Waals surface area (Å²) in [5.41, 5.74) is 0. The van der Waals surface area contributed by atoms with Crippen molar-refractivity contribution in [3.05, 3.63) is 0 Å². The molecule has 0 aliphatic rings.